The molecular formula is C19H23N5O4S. The van der Waals surface area contributed by atoms with Gasteiger partial charge in [-0.05, 0) is 38.0 Å². The summed E-state index contributed by atoms with van der Waals surface area (Å²) < 4.78 is 30.6. The summed E-state index contributed by atoms with van der Waals surface area (Å²) in [4.78, 5) is 25.6. The van der Waals surface area contributed by atoms with E-state index in [9.17, 15) is 13.2 Å². The molecule has 3 heterocycles. The van der Waals surface area contributed by atoms with Crippen LogP contribution in [-0.4, -0.2) is 59.5 Å². The molecule has 0 saturated carbocycles. The molecule has 1 N–H and O–H groups in total. The minimum absolute atomic E-state index is 0.0721. The number of nitrogens with one attached hydrogen (secondary N) is 1. The van der Waals surface area contributed by atoms with Crippen LogP contribution in [0.1, 0.15) is 35.2 Å². The van der Waals surface area contributed by atoms with Gasteiger partial charge < -0.3 is 10.1 Å². The van der Waals surface area contributed by atoms with Gasteiger partial charge in [0.05, 0.1) is 30.4 Å². The summed E-state index contributed by atoms with van der Waals surface area (Å²) >= 11 is 0. The Morgan fingerprint density at radius 2 is 2.14 bits per heavy atom. The molecular weight excluding hydrogens is 394 g/mol. The molecule has 0 fully saturated rings. The van der Waals surface area contributed by atoms with Crippen molar-refractivity contribution in [2.45, 2.75) is 20.3 Å². The molecule has 0 unspecified atom stereocenters. The quantitative estimate of drug-likeness (QED) is 0.763. The third-order valence-corrected chi connectivity index (χ3v) is 6.49. The van der Waals surface area contributed by atoms with E-state index in [-0.39, 0.29) is 18.0 Å². The molecule has 0 aliphatic carbocycles. The Kier molecular flexibility index (Phi) is 6.23. The first-order valence-electron chi connectivity index (χ1n) is 9.17. The summed E-state index contributed by atoms with van der Waals surface area (Å²) in [6, 6.07) is 3.37. The van der Waals surface area contributed by atoms with Gasteiger partial charge in [0.15, 0.2) is 0 Å². The zero-order chi connectivity index (χ0) is 21.0. The van der Waals surface area contributed by atoms with Crippen molar-refractivity contribution in [3.05, 3.63) is 47.7 Å². The van der Waals surface area contributed by atoms with E-state index in [1.54, 1.807) is 38.4 Å². The summed E-state index contributed by atoms with van der Waals surface area (Å²) in [6.45, 7) is 4.00. The van der Waals surface area contributed by atoms with E-state index in [1.807, 2.05) is 6.08 Å². The summed E-state index contributed by atoms with van der Waals surface area (Å²) in [6.07, 6.45) is 5.50. The molecule has 29 heavy (non-hydrogen) atoms. The highest BCUT2D eigenvalue weighted by Gasteiger charge is 2.24. The zero-order valence-corrected chi connectivity index (χ0v) is 17.4. The first-order valence-corrected chi connectivity index (χ1v) is 10.8. The van der Waals surface area contributed by atoms with Gasteiger partial charge in [0.25, 0.3) is 5.91 Å². The normalized spacial score (nSPS) is 14.9. The molecule has 0 aromatic carbocycles. The molecule has 0 radical (unpaired) electrons. The third kappa shape index (κ3) is 4.60. The lowest BCUT2D eigenvalue weighted by atomic mass is 10.1. The smallest absolute Gasteiger partial charge is 0.276 e. The molecule has 9 nitrogen and oxygen atoms in total. The Labute approximate surface area is 169 Å². The Morgan fingerprint density at radius 3 is 2.79 bits per heavy atom. The average molecular weight is 417 g/mol. The average Bonchev–Trinajstić information content (AvgIpc) is 2.74. The molecule has 2 aromatic rings. The molecule has 1 amide bonds. The SMILES string of the molecule is CCS(=O)(=O)N1CC=C(c2cnc(C)c(C(=O)Nc3cccnc3OC)n2)CC1. The number of hydrogen-bond acceptors (Lipinski definition) is 7. The van der Waals surface area contributed by atoms with E-state index in [0.29, 0.717) is 35.9 Å². The number of nitrogens with zero attached hydrogens (tertiary/aromatic N) is 4. The van der Waals surface area contributed by atoms with Crippen molar-refractivity contribution in [2.24, 2.45) is 0 Å². The van der Waals surface area contributed by atoms with Crippen molar-refractivity contribution in [3.8, 4) is 5.88 Å². The maximum atomic E-state index is 12.8. The standard InChI is InChI=1S/C19H23N5O4S/c1-4-29(26,27)24-10-7-14(8-11-24)16-12-21-13(2)17(22-16)18(25)23-15-6-5-9-20-19(15)28-3/h5-7,9,12H,4,8,10-11H2,1-3H3,(H,23,25). The number of ether oxygens (including phenoxy) is 1. The lowest BCUT2D eigenvalue weighted by Gasteiger charge is -2.25. The highest BCUT2D eigenvalue weighted by atomic mass is 32.2. The number of hydrogen-bond donors (Lipinski definition) is 1. The molecule has 1 aliphatic rings. The summed E-state index contributed by atoms with van der Waals surface area (Å²) in [5.41, 5.74) is 2.54. The van der Waals surface area contributed by atoms with Crippen molar-refractivity contribution in [1.82, 2.24) is 19.3 Å². The number of pyridine rings is 1. The van der Waals surface area contributed by atoms with Gasteiger partial charge in [-0.1, -0.05) is 6.08 Å². The Balaban J connectivity index is 1.83. The first-order chi connectivity index (χ1) is 13.9. The summed E-state index contributed by atoms with van der Waals surface area (Å²) in [7, 11) is -1.75. The molecule has 0 atom stereocenters. The second kappa shape index (κ2) is 8.66. The minimum atomic E-state index is -3.23. The first kappa shape index (κ1) is 20.9. The highest BCUT2D eigenvalue weighted by molar-refractivity contribution is 7.89. The second-order valence-electron chi connectivity index (χ2n) is 6.44. The van der Waals surface area contributed by atoms with Crippen LogP contribution in [0.5, 0.6) is 5.88 Å². The van der Waals surface area contributed by atoms with Crippen molar-refractivity contribution >= 4 is 27.2 Å². The molecule has 154 valence electrons. The molecule has 0 saturated heterocycles. The number of carbonyl (C=O) groups is 1. The topological polar surface area (TPSA) is 114 Å². The molecule has 1 aliphatic heterocycles. The van der Waals surface area contributed by atoms with Crippen LogP contribution in [0.25, 0.3) is 5.57 Å². The van der Waals surface area contributed by atoms with E-state index in [1.165, 1.54) is 11.4 Å². The van der Waals surface area contributed by atoms with Crippen LogP contribution >= 0.6 is 0 Å². The minimum Gasteiger partial charge on any atom is -0.480 e. The number of methoxy groups -OCH3 is 1. The number of amides is 1. The fourth-order valence-electron chi connectivity index (χ4n) is 2.97. The monoisotopic (exact) mass is 417 g/mol. The van der Waals surface area contributed by atoms with E-state index < -0.39 is 15.9 Å². The third-order valence-electron chi connectivity index (χ3n) is 4.64. The number of aromatic nitrogens is 3. The van der Waals surface area contributed by atoms with Gasteiger partial charge in [-0.3, -0.25) is 9.78 Å². The van der Waals surface area contributed by atoms with Gasteiger partial charge in [0, 0.05) is 19.3 Å². The van der Waals surface area contributed by atoms with Crippen LogP contribution in [0.4, 0.5) is 5.69 Å². The molecule has 0 spiro atoms. The van der Waals surface area contributed by atoms with E-state index in [2.05, 4.69) is 20.3 Å². The van der Waals surface area contributed by atoms with Crippen LogP contribution in [0, 0.1) is 6.92 Å². The molecule has 3 rings (SSSR count). The summed E-state index contributed by atoms with van der Waals surface area (Å²) in [5, 5.41) is 2.75. The van der Waals surface area contributed by atoms with Gasteiger partial charge in [-0.2, -0.15) is 4.31 Å². The van der Waals surface area contributed by atoms with Gasteiger partial charge >= 0.3 is 0 Å². The van der Waals surface area contributed by atoms with E-state index >= 15 is 0 Å². The van der Waals surface area contributed by atoms with Crippen LogP contribution < -0.4 is 10.1 Å². The second-order valence-corrected chi connectivity index (χ2v) is 8.70. The molecule has 0 bridgehead atoms. The Morgan fingerprint density at radius 1 is 1.34 bits per heavy atom. The summed E-state index contributed by atoms with van der Waals surface area (Å²) in [5.74, 6) is -0.0487. The number of carbonyl (C=O) groups excluding carboxylic acids is 1. The van der Waals surface area contributed by atoms with Crippen molar-refractivity contribution in [3.63, 3.8) is 0 Å². The highest BCUT2D eigenvalue weighted by Crippen LogP contribution is 2.24. The van der Waals surface area contributed by atoms with Gasteiger partial charge in [-0.15, -0.1) is 0 Å². The largest absolute Gasteiger partial charge is 0.480 e. The predicted molar refractivity (Wildman–Crippen MR) is 109 cm³/mol. The lowest BCUT2D eigenvalue weighted by molar-refractivity contribution is 0.102. The Hall–Kier alpha value is -2.85. The van der Waals surface area contributed by atoms with Crippen molar-refractivity contribution < 1.29 is 17.9 Å². The maximum Gasteiger partial charge on any atom is 0.276 e. The number of rotatable bonds is 6. The van der Waals surface area contributed by atoms with Gasteiger partial charge in [0.1, 0.15) is 11.4 Å². The predicted octanol–water partition coefficient (Wildman–Crippen LogP) is 1.88. The fourth-order valence-corrected chi connectivity index (χ4v) is 4.00. The van der Waals surface area contributed by atoms with E-state index in [4.69, 9.17) is 4.74 Å². The van der Waals surface area contributed by atoms with E-state index in [0.717, 1.165) is 5.57 Å². The van der Waals surface area contributed by atoms with Crippen LogP contribution in [-0.2, 0) is 10.0 Å². The van der Waals surface area contributed by atoms with Crippen LogP contribution in [0.15, 0.2) is 30.6 Å². The Bertz CT molecular complexity index is 1050. The van der Waals surface area contributed by atoms with Crippen molar-refractivity contribution in [1.29, 1.82) is 0 Å². The van der Waals surface area contributed by atoms with Crippen molar-refractivity contribution in [2.75, 3.05) is 31.3 Å². The molecule has 2 aromatic heterocycles. The van der Waals surface area contributed by atoms with Crippen LogP contribution in [0.2, 0.25) is 0 Å². The van der Waals surface area contributed by atoms with Gasteiger partial charge in [0.2, 0.25) is 15.9 Å². The van der Waals surface area contributed by atoms with Gasteiger partial charge in [-0.25, -0.2) is 18.4 Å². The van der Waals surface area contributed by atoms with Crippen LogP contribution in [0.3, 0.4) is 0 Å². The molecule has 10 heteroatoms. The fraction of sp³-hybridized carbons (Fsp3) is 0.368. The maximum absolute atomic E-state index is 12.8. The zero-order valence-electron chi connectivity index (χ0n) is 16.5. The number of aryl methyl sites for hydroxylation is 1. The lowest BCUT2D eigenvalue weighted by Crippen LogP contribution is -2.35. The number of anilines is 1. The number of sulfonamides is 1.